The number of likely N-dealkylation sites (N-methyl/N-ethyl adjacent to an activating group) is 1. The minimum atomic E-state index is -0.453. The number of benzene rings is 2. The van der Waals surface area contributed by atoms with Crippen LogP contribution in [0.2, 0.25) is 10.0 Å². The Labute approximate surface area is 191 Å². The summed E-state index contributed by atoms with van der Waals surface area (Å²) < 4.78 is 15.3. The first-order valence-corrected chi connectivity index (χ1v) is 11.2. The van der Waals surface area contributed by atoms with Gasteiger partial charge in [0.1, 0.15) is 17.7 Å². The van der Waals surface area contributed by atoms with Crippen LogP contribution in [0.4, 0.5) is 4.39 Å². The van der Waals surface area contributed by atoms with Crippen molar-refractivity contribution in [1.82, 2.24) is 19.4 Å². The summed E-state index contributed by atoms with van der Waals surface area (Å²) in [6, 6.07) is 9.35. The Hall–Kier alpha value is -2.15. The Kier molecular flexibility index (Phi) is 6.51. The Bertz CT molecular complexity index is 1090. The number of piperazine rings is 1. The Balaban J connectivity index is 1.70. The minimum Gasteiger partial charge on any atom is -0.338 e. The molecule has 2 aromatic carbocycles. The monoisotopic (exact) mass is 462 g/mol. The largest absolute Gasteiger partial charge is 0.338 e. The number of imidazole rings is 1. The van der Waals surface area contributed by atoms with Crippen molar-refractivity contribution in [2.45, 2.75) is 26.3 Å². The standard InChI is InChI=1S/C23H25Cl2FN4O/c1-3-28-8-10-29(11-9-28)23(31)15(2)30-21-14-19(25)18(24)13-20(21)27-22(30)12-16-4-6-17(26)7-5-16/h4-7,13-15H,3,8-12H2,1-2H3/t15-/m0/s1. The van der Waals surface area contributed by atoms with Crippen molar-refractivity contribution in [1.29, 1.82) is 0 Å². The zero-order chi connectivity index (χ0) is 22.1. The fraction of sp³-hybridized carbons (Fsp3) is 0.391. The normalized spacial score (nSPS) is 16.1. The summed E-state index contributed by atoms with van der Waals surface area (Å²) in [7, 11) is 0. The van der Waals surface area contributed by atoms with Crippen LogP contribution in [-0.2, 0) is 11.2 Å². The second kappa shape index (κ2) is 9.15. The molecule has 5 nitrogen and oxygen atoms in total. The van der Waals surface area contributed by atoms with E-state index < -0.39 is 6.04 Å². The summed E-state index contributed by atoms with van der Waals surface area (Å²) in [6.45, 7) is 8.20. The van der Waals surface area contributed by atoms with Crippen molar-refractivity contribution in [2.24, 2.45) is 0 Å². The third-order valence-electron chi connectivity index (χ3n) is 5.96. The molecule has 1 aliphatic heterocycles. The van der Waals surface area contributed by atoms with Gasteiger partial charge in [0.15, 0.2) is 0 Å². The van der Waals surface area contributed by atoms with Gasteiger partial charge in [-0.25, -0.2) is 9.37 Å². The number of nitrogens with zero attached hydrogens (tertiary/aromatic N) is 4. The lowest BCUT2D eigenvalue weighted by Gasteiger charge is -2.35. The maximum Gasteiger partial charge on any atom is 0.245 e. The SMILES string of the molecule is CCN1CCN(C(=O)[C@H](C)n2c(Cc3ccc(F)cc3)nc3cc(Cl)c(Cl)cc32)CC1. The van der Waals surface area contributed by atoms with E-state index in [0.717, 1.165) is 30.7 Å². The molecule has 1 atom stereocenters. The lowest BCUT2D eigenvalue weighted by Crippen LogP contribution is -2.50. The van der Waals surface area contributed by atoms with Crippen molar-refractivity contribution in [3.05, 3.63) is 63.6 Å². The molecule has 0 radical (unpaired) electrons. The number of rotatable bonds is 5. The fourth-order valence-electron chi connectivity index (χ4n) is 4.14. The lowest BCUT2D eigenvalue weighted by atomic mass is 10.1. The molecule has 4 rings (SSSR count). The van der Waals surface area contributed by atoms with Crippen molar-refractivity contribution in [2.75, 3.05) is 32.7 Å². The number of amides is 1. The molecule has 0 aliphatic carbocycles. The molecule has 1 fully saturated rings. The molecule has 0 bridgehead atoms. The van der Waals surface area contributed by atoms with Gasteiger partial charge in [-0.05, 0) is 43.3 Å². The van der Waals surface area contributed by atoms with Crippen LogP contribution in [0.5, 0.6) is 0 Å². The van der Waals surface area contributed by atoms with Crippen LogP contribution in [0.15, 0.2) is 36.4 Å². The quantitative estimate of drug-likeness (QED) is 0.546. The Morgan fingerprint density at radius 1 is 1.10 bits per heavy atom. The molecule has 1 aromatic heterocycles. The zero-order valence-electron chi connectivity index (χ0n) is 17.6. The van der Waals surface area contributed by atoms with Gasteiger partial charge in [-0.3, -0.25) is 4.79 Å². The van der Waals surface area contributed by atoms with Gasteiger partial charge in [0, 0.05) is 32.6 Å². The van der Waals surface area contributed by atoms with Gasteiger partial charge in [0.25, 0.3) is 0 Å². The summed E-state index contributed by atoms with van der Waals surface area (Å²) in [5.74, 6) is 0.486. The fourth-order valence-corrected chi connectivity index (χ4v) is 4.46. The number of aromatic nitrogens is 2. The summed E-state index contributed by atoms with van der Waals surface area (Å²) in [5.41, 5.74) is 2.35. The van der Waals surface area contributed by atoms with E-state index >= 15 is 0 Å². The van der Waals surface area contributed by atoms with Gasteiger partial charge in [0.2, 0.25) is 5.91 Å². The first-order chi connectivity index (χ1) is 14.9. The molecular weight excluding hydrogens is 438 g/mol. The van der Waals surface area contributed by atoms with E-state index in [1.165, 1.54) is 12.1 Å². The number of hydrogen-bond donors (Lipinski definition) is 0. The lowest BCUT2D eigenvalue weighted by molar-refractivity contribution is -0.136. The molecule has 1 saturated heterocycles. The van der Waals surface area contributed by atoms with Crippen LogP contribution in [0.1, 0.15) is 31.3 Å². The minimum absolute atomic E-state index is 0.0569. The molecule has 31 heavy (non-hydrogen) atoms. The maximum atomic E-state index is 13.4. The second-order valence-electron chi connectivity index (χ2n) is 7.89. The molecule has 0 N–H and O–H groups in total. The average molecular weight is 463 g/mol. The molecule has 0 saturated carbocycles. The molecule has 2 heterocycles. The summed E-state index contributed by atoms with van der Waals surface area (Å²) >= 11 is 12.5. The third-order valence-corrected chi connectivity index (χ3v) is 6.68. The zero-order valence-corrected chi connectivity index (χ0v) is 19.1. The van der Waals surface area contributed by atoms with E-state index in [9.17, 15) is 9.18 Å². The van der Waals surface area contributed by atoms with Gasteiger partial charge < -0.3 is 14.4 Å². The van der Waals surface area contributed by atoms with Crippen LogP contribution in [0.25, 0.3) is 11.0 Å². The molecule has 0 unspecified atom stereocenters. The highest BCUT2D eigenvalue weighted by Gasteiger charge is 2.28. The van der Waals surface area contributed by atoms with Crippen LogP contribution < -0.4 is 0 Å². The molecule has 8 heteroatoms. The van der Waals surface area contributed by atoms with Gasteiger partial charge in [-0.1, -0.05) is 42.3 Å². The van der Waals surface area contributed by atoms with Gasteiger partial charge in [-0.15, -0.1) is 0 Å². The van der Waals surface area contributed by atoms with E-state index in [0.29, 0.717) is 40.9 Å². The maximum absolute atomic E-state index is 13.4. The Morgan fingerprint density at radius 3 is 2.39 bits per heavy atom. The first kappa shape index (κ1) is 22.1. The van der Waals surface area contributed by atoms with E-state index in [-0.39, 0.29) is 11.7 Å². The van der Waals surface area contributed by atoms with Gasteiger partial charge in [-0.2, -0.15) is 0 Å². The molecule has 1 aliphatic rings. The number of halogens is 3. The van der Waals surface area contributed by atoms with E-state index in [1.54, 1.807) is 24.3 Å². The third kappa shape index (κ3) is 4.56. The molecular formula is C23H25Cl2FN4O. The number of hydrogen-bond acceptors (Lipinski definition) is 3. The summed E-state index contributed by atoms with van der Waals surface area (Å²) in [4.78, 5) is 22.4. The summed E-state index contributed by atoms with van der Waals surface area (Å²) in [6.07, 6.45) is 0.464. The van der Waals surface area contributed by atoms with Gasteiger partial charge >= 0.3 is 0 Å². The molecule has 3 aromatic rings. The van der Waals surface area contributed by atoms with Crippen molar-refractivity contribution in [3.8, 4) is 0 Å². The number of carbonyl (C=O) groups excluding carboxylic acids is 1. The second-order valence-corrected chi connectivity index (χ2v) is 8.71. The highest BCUT2D eigenvalue weighted by Crippen LogP contribution is 2.31. The van der Waals surface area contributed by atoms with E-state index in [1.807, 2.05) is 16.4 Å². The highest BCUT2D eigenvalue weighted by molar-refractivity contribution is 6.42. The summed E-state index contributed by atoms with van der Waals surface area (Å²) in [5, 5.41) is 0.835. The first-order valence-electron chi connectivity index (χ1n) is 10.5. The molecule has 164 valence electrons. The smallest absolute Gasteiger partial charge is 0.245 e. The topological polar surface area (TPSA) is 41.4 Å². The average Bonchev–Trinajstić information content (AvgIpc) is 3.11. The number of fused-ring (bicyclic) bond motifs is 1. The van der Waals surface area contributed by atoms with Gasteiger partial charge in [0.05, 0.1) is 21.1 Å². The van der Waals surface area contributed by atoms with Crippen LogP contribution in [-0.4, -0.2) is 58.0 Å². The van der Waals surface area contributed by atoms with Crippen molar-refractivity contribution >= 4 is 40.1 Å². The van der Waals surface area contributed by atoms with Crippen LogP contribution >= 0.6 is 23.2 Å². The van der Waals surface area contributed by atoms with Crippen molar-refractivity contribution in [3.63, 3.8) is 0 Å². The number of carbonyl (C=O) groups is 1. The van der Waals surface area contributed by atoms with Crippen LogP contribution in [0, 0.1) is 5.82 Å². The molecule has 0 spiro atoms. The molecule has 1 amide bonds. The van der Waals surface area contributed by atoms with E-state index in [4.69, 9.17) is 28.2 Å². The highest BCUT2D eigenvalue weighted by atomic mass is 35.5. The van der Waals surface area contributed by atoms with Crippen molar-refractivity contribution < 1.29 is 9.18 Å². The van der Waals surface area contributed by atoms with E-state index in [2.05, 4.69) is 11.8 Å². The van der Waals surface area contributed by atoms with Crippen LogP contribution in [0.3, 0.4) is 0 Å². The predicted molar refractivity (Wildman–Crippen MR) is 122 cm³/mol. The Morgan fingerprint density at radius 2 is 1.74 bits per heavy atom. The predicted octanol–water partition coefficient (Wildman–Crippen LogP) is 4.80.